The van der Waals surface area contributed by atoms with Gasteiger partial charge in [0.1, 0.15) is 19.3 Å². The lowest BCUT2D eigenvalue weighted by atomic mass is 10.0. The Morgan fingerprint density at radius 1 is 0.554 bits per heavy atom. The molecule has 0 aliphatic carbocycles. The van der Waals surface area contributed by atoms with E-state index in [9.17, 15) is 14.3 Å². The molecule has 0 heterocycles. The lowest BCUT2D eigenvalue weighted by Crippen LogP contribution is -2.37. The third kappa shape index (κ3) is 43.8. The summed E-state index contributed by atoms with van der Waals surface area (Å²) in [6, 6.07) is 0. The van der Waals surface area contributed by atoms with Crippen molar-refractivity contribution >= 4 is 13.8 Å². The first-order valence-electron chi connectivity index (χ1n) is 23.2. The Kier molecular flexibility index (Phi) is 39.6. The number of allylic oxidation sites excluding steroid dienone is 6. The number of rotatable bonds is 43. The first kappa shape index (κ1) is 54.7. The van der Waals surface area contributed by atoms with Gasteiger partial charge in [-0.1, -0.05) is 179 Å². The van der Waals surface area contributed by atoms with Crippen molar-refractivity contribution < 1.29 is 37.3 Å². The van der Waals surface area contributed by atoms with E-state index in [2.05, 4.69) is 50.3 Å². The molecule has 56 heavy (non-hydrogen) atoms. The number of carbonyl (C=O) groups is 1. The number of hydrogen-bond acceptors (Lipinski definition) is 6. The molecule has 0 aliphatic heterocycles. The van der Waals surface area contributed by atoms with E-state index in [-0.39, 0.29) is 25.8 Å². The largest absolute Gasteiger partial charge is 0.472 e. The highest BCUT2D eigenvalue weighted by Gasteiger charge is 2.26. The highest BCUT2D eigenvalue weighted by molar-refractivity contribution is 7.47. The van der Waals surface area contributed by atoms with Gasteiger partial charge in [-0.3, -0.25) is 13.8 Å². The van der Waals surface area contributed by atoms with Crippen LogP contribution >= 0.6 is 7.82 Å². The summed E-state index contributed by atoms with van der Waals surface area (Å²) < 4.78 is 34.9. The quantitative estimate of drug-likeness (QED) is 0.0215. The van der Waals surface area contributed by atoms with Gasteiger partial charge in [0, 0.05) is 13.0 Å². The Hall–Kier alpha value is -1.28. The van der Waals surface area contributed by atoms with Gasteiger partial charge in [0.25, 0.3) is 0 Å². The van der Waals surface area contributed by atoms with Crippen LogP contribution in [0.15, 0.2) is 36.5 Å². The van der Waals surface area contributed by atoms with Crippen molar-refractivity contribution in [2.45, 2.75) is 206 Å². The van der Waals surface area contributed by atoms with Crippen LogP contribution in [0.5, 0.6) is 0 Å². The molecule has 1 N–H and O–H groups in total. The van der Waals surface area contributed by atoms with Gasteiger partial charge in [-0.15, -0.1) is 0 Å². The zero-order chi connectivity index (χ0) is 41.3. The molecule has 9 heteroatoms. The minimum absolute atomic E-state index is 0.0885. The van der Waals surface area contributed by atoms with Crippen molar-refractivity contribution in [3.8, 4) is 0 Å². The van der Waals surface area contributed by atoms with Crippen molar-refractivity contribution in [1.29, 1.82) is 0 Å². The standard InChI is InChI=1S/C47H90NO7P/c1-6-8-10-12-14-16-17-18-19-20-21-22-23-24-25-26-27-28-29-30-31-32-34-36-38-40-47(49)55-46(45-54-56(50,51)53-43-41-48(3,4)5)44-52-42-39-37-35-33-15-13-11-9-7-2/h17-18,20-21,23-24,46H,6-16,19,22,25-45H2,1-5H3/p+1/b18-17-,21-20-,24-23-. The second-order valence-corrected chi connectivity index (χ2v) is 18.2. The molecule has 0 aliphatic rings. The SMILES string of the molecule is CCCCCCC/C=C\C/C=C\C/C=C\CCCCCCCCCCCCC(=O)OC(COCCCCCCCCCCC)COP(=O)(O)OCC[N+](C)(C)C. The number of hydrogen-bond donors (Lipinski definition) is 1. The van der Waals surface area contributed by atoms with Gasteiger partial charge in [-0.2, -0.15) is 0 Å². The molecular formula is C47H91NO7P+. The molecule has 8 nitrogen and oxygen atoms in total. The summed E-state index contributed by atoms with van der Waals surface area (Å²) in [5.74, 6) is -0.318. The Morgan fingerprint density at radius 2 is 0.982 bits per heavy atom. The first-order valence-corrected chi connectivity index (χ1v) is 24.7. The molecule has 2 unspecified atom stereocenters. The van der Waals surface area contributed by atoms with E-state index in [1.807, 2.05) is 21.1 Å². The molecule has 330 valence electrons. The number of nitrogens with zero attached hydrogens (tertiary/aromatic N) is 1. The van der Waals surface area contributed by atoms with E-state index in [1.54, 1.807) is 0 Å². The van der Waals surface area contributed by atoms with Crippen molar-refractivity contribution in [3.05, 3.63) is 36.5 Å². The first-order chi connectivity index (χ1) is 27.1. The van der Waals surface area contributed by atoms with Crippen LogP contribution in [0.4, 0.5) is 0 Å². The number of likely N-dealkylation sites (N-methyl/N-ethyl adjacent to an activating group) is 1. The molecule has 0 aromatic rings. The third-order valence-corrected chi connectivity index (χ3v) is 10.9. The van der Waals surface area contributed by atoms with Gasteiger partial charge in [0.05, 0.1) is 34.4 Å². The maximum absolute atomic E-state index is 12.7. The van der Waals surface area contributed by atoms with Crippen LogP contribution in [0.1, 0.15) is 200 Å². The maximum atomic E-state index is 12.7. The van der Waals surface area contributed by atoms with Gasteiger partial charge in [-0.25, -0.2) is 4.57 Å². The van der Waals surface area contributed by atoms with Crippen LogP contribution < -0.4 is 0 Å². The molecule has 0 bridgehead atoms. The monoisotopic (exact) mass is 813 g/mol. The second-order valence-electron chi connectivity index (χ2n) is 16.8. The van der Waals surface area contributed by atoms with Gasteiger partial charge < -0.3 is 18.9 Å². The lowest BCUT2D eigenvalue weighted by molar-refractivity contribution is -0.870. The van der Waals surface area contributed by atoms with E-state index in [0.29, 0.717) is 24.1 Å². The molecule has 0 rings (SSSR count). The third-order valence-electron chi connectivity index (χ3n) is 9.95. The fourth-order valence-electron chi connectivity index (χ4n) is 6.32. The van der Waals surface area contributed by atoms with Gasteiger partial charge in [-0.05, 0) is 51.4 Å². The van der Waals surface area contributed by atoms with Crippen molar-refractivity contribution in [2.75, 3.05) is 54.1 Å². The Bertz CT molecular complexity index is 994. The normalized spacial score (nSPS) is 14.0. The number of phosphoric acid groups is 1. The summed E-state index contributed by atoms with van der Waals surface area (Å²) in [4.78, 5) is 22.9. The minimum atomic E-state index is -4.27. The van der Waals surface area contributed by atoms with Crippen LogP contribution in [0.3, 0.4) is 0 Å². The van der Waals surface area contributed by atoms with E-state index in [4.69, 9.17) is 18.5 Å². The Labute approximate surface area is 346 Å². The fourth-order valence-corrected chi connectivity index (χ4v) is 7.07. The fraction of sp³-hybridized carbons (Fsp3) is 0.851. The zero-order valence-corrected chi connectivity index (χ0v) is 38.3. The van der Waals surface area contributed by atoms with Crippen molar-refractivity contribution in [1.82, 2.24) is 0 Å². The van der Waals surface area contributed by atoms with Crippen LogP contribution in [0, 0.1) is 0 Å². The Balaban J connectivity index is 4.06. The van der Waals surface area contributed by atoms with Crippen LogP contribution in [0.25, 0.3) is 0 Å². The number of unbranched alkanes of at least 4 members (excludes halogenated alkanes) is 23. The molecule has 2 atom stereocenters. The number of quaternary nitrogens is 1. The predicted octanol–water partition coefficient (Wildman–Crippen LogP) is 13.8. The van der Waals surface area contributed by atoms with Crippen LogP contribution in [-0.4, -0.2) is 75.6 Å². The van der Waals surface area contributed by atoms with Crippen molar-refractivity contribution in [3.63, 3.8) is 0 Å². The van der Waals surface area contributed by atoms with Gasteiger partial charge in [0.15, 0.2) is 0 Å². The summed E-state index contributed by atoms with van der Waals surface area (Å²) in [5, 5.41) is 0. The van der Waals surface area contributed by atoms with E-state index in [0.717, 1.165) is 44.9 Å². The number of esters is 1. The molecular weight excluding hydrogens is 721 g/mol. The van der Waals surface area contributed by atoms with Gasteiger partial charge >= 0.3 is 13.8 Å². The molecule has 0 spiro atoms. The van der Waals surface area contributed by atoms with E-state index < -0.39 is 13.9 Å². The highest BCUT2D eigenvalue weighted by Crippen LogP contribution is 2.43. The summed E-state index contributed by atoms with van der Waals surface area (Å²) in [6.45, 7) is 5.61. The predicted molar refractivity (Wildman–Crippen MR) is 238 cm³/mol. The lowest BCUT2D eigenvalue weighted by Gasteiger charge is -2.24. The minimum Gasteiger partial charge on any atom is -0.457 e. The average molecular weight is 813 g/mol. The highest BCUT2D eigenvalue weighted by atomic mass is 31.2. The van der Waals surface area contributed by atoms with Gasteiger partial charge in [0.2, 0.25) is 0 Å². The summed E-state index contributed by atoms with van der Waals surface area (Å²) in [6.07, 6.45) is 47.6. The molecule has 0 amide bonds. The van der Waals surface area contributed by atoms with Crippen LogP contribution in [-0.2, 0) is 27.9 Å². The smallest absolute Gasteiger partial charge is 0.457 e. The number of phosphoric ester groups is 1. The molecule has 0 aromatic carbocycles. The number of ether oxygens (including phenoxy) is 2. The summed E-state index contributed by atoms with van der Waals surface area (Å²) >= 11 is 0. The second kappa shape index (κ2) is 40.5. The summed E-state index contributed by atoms with van der Waals surface area (Å²) in [5.41, 5.74) is 0. The Morgan fingerprint density at radius 3 is 1.46 bits per heavy atom. The zero-order valence-electron chi connectivity index (χ0n) is 37.4. The molecule has 0 saturated carbocycles. The van der Waals surface area contributed by atoms with E-state index in [1.165, 1.54) is 135 Å². The molecule has 0 fully saturated rings. The molecule has 0 saturated heterocycles. The van der Waals surface area contributed by atoms with Crippen LogP contribution in [0.2, 0.25) is 0 Å². The molecule has 0 radical (unpaired) electrons. The topological polar surface area (TPSA) is 91.3 Å². The maximum Gasteiger partial charge on any atom is 0.472 e. The summed E-state index contributed by atoms with van der Waals surface area (Å²) in [7, 11) is 1.67. The average Bonchev–Trinajstić information content (AvgIpc) is 3.15. The van der Waals surface area contributed by atoms with Crippen molar-refractivity contribution in [2.24, 2.45) is 0 Å². The van der Waals surface area contributed by atoms with E-state index >= 15 is 0 Å². The number of carbonyl (C=O) groups excluding carboxylic acids is 1. The molecule has 0 aromatic heterocycles.